The second-order valence-electron chi connectivity index (χ2n) is 25.0. The summed E-state index contributed by atoms with van der Waals surface area (Å²) >= 11 is 0. The lowest BCUT2D eigenvalue weighted by Gasteiger charge is -2.34. The lowest BCUT2D eigenvalue weighted by atomic mass is 9.70. The number of fused-ring (bicyclic) bond motifs is 19. The average molecular weight is 1040 g/mol. The third-order valence-electron chi connectivity index (χ3n) is 18.1. The first-order chi connectivity index (χ1) is 38.9. The van der Waals surface area contributed by atoms with Crippen LogP contribution in [0.3, 0.4) is 0 Å². The maximum Gasteiger partial charge on any atom is 0.145 e. The van der Waals surface area contributed by atoms with E-state index >= 15 is 0 Å². The first kappa shape index (κ1) is 48.5. The van der Waals surface area contributed by atoms with E-state index in [4.69, 9.17) is 8.83 Å². The molecule has 392 valence electrons. The highest BCUT2D eigenvalue weighted by Gasteiger charge is 2.55. The van der Waals surface area contributed by atoms with Crippen LogP contribution in [0.25, 0.3) is 66.1 Å². The van der Waals surface area contributed by atoms with E-state index in [0.29, 0.717) is 0 Å². The molecular weight excluding hydrogens is 973 g/mol. The minimum absolute atomic E-state index is 0.0114. The molecule has 0 bridgehead atoms. The smallest absolute Gasteiger partial charge is 0.145 e. The summed E-state index contributed by atoms with van der Waals surface area (Å²) in [6.07, 6.45) is 14.5. The first-order valence-electron chi connectivity index (χ1n) is 29.0. The Bertz CT molecular complexity index is 4380. The van der Waals surface area contributed by atoms with Gasteiger partial charge in [0.15, 0.2) is 0 Å². The Morgan fingerprint density at radius 3 is 1.52 bits per heavy atom. The van der Waals surface area contributed by atoms with Gasteiger partial charge in [0.05, 0.1) is 27.6 Å². The molecule has 0 unspecified atom stereocenters. The fourth-order valence-corrected chi connectivity index (χ4v) is 14.2. The summed E-state index contributed by atoms with van der Waals surface area (Å²) in [5, 5.41) is 4.30. The van der Waals surface area contributed by atoms with Crippen LogP contribution in [0.2, 0.25) is 0 Å². The van der Waals surface area contributed by atoms with Crippen LogP contribution in [0, 0.1) is 0 Å². The van der Waals surface area contributed by atoms with Gasteiger partial charge in [0, 0.05) is 44.7 Å². The van der Waals surface area contributed by atoms with Crippen molar-refractivity contribution in [3.05, 3.63) is 257 Å². The van der Waals surface area contributed by atoms with Crippen molar-refractivity contribution < 1.29 is 8.83 Å². The number of para-hydroxylation sites is 2. The summed E-state index contributed by atoms with van der Waals surface area (Å²) in [4.78, 5) is 5.06. The van der Waals surface area contributed by atoms with Crippen molar-refractivity contribution >= 4 is 72.3 Å². The molecule has 0 saturated carbocycles. The molecule has 0 atom stereocenters. The van der Waals surface area contributed by atoms with E-state index in [2.05, 4.69) is 252 Å². The highest BCUT2D eigenvalue weighted by Crippen LogP contribution is 2.68. The van der Waals surface area contributed by atoms with Gasteiger partial charge in [-0.2, -0.15) is 0 Å². The van der Waals surface area contributed by atoms with E-state index < -0.39 is 5.41 Å². The molecule has 0 aliphatic heterocycles. The molecular formula is C76H66N2O2. The highest BCUT2D eigenvalue weighted by atomic mass is 16.3. The van der Waals surface area contributed by atoms with Crippen LogP contribution in [-0.4, -0.2) is 0 Å². The minimum atomic E-state index is -0.805. The zero-order valence-corrected chi connectivity index (χ0v) is 46.8. The molecule has 1 spiro atoms. The Morgan fingerprint density at radius 1 is 0.450 bits per heavy atom. The molecule has 0 saturated heterocycles. The van der Waals surface area contributed by atoms with Gasteiger partial charge in [-0.3, -0.25) is 0 Å². The van der Waals surface area contributed by atoms with Gasteiger partial charge in [-0.25, -0.2) is 0 Å². The molecule has 4 aliphatic carbocycles. The molecule has 0 N–H and O–H groups in total. The number of rotatable bonds is 6. The van der Waals surface area contributed by atoms with E-state index in [1.165, 1.54) is 62.1 Å². The van der Waals surface area contributed by atoms with E-state index in [0.717, 1.165) is 133 Å². The van der Waals surface area contributed by atoms with E-state index in [1.807, 2.05) is 0 Å². The summed E-state index contributed by atoms with van der Waals surface area (Å²) in [6.45, 7) is 18.3. The number of anilines is 5. The van der Waals surface area contributed by atoms with E-state index in [9.17, 15) is 0 Å². The van der Waals surface area contributed by atoms with Crippen molar-refractivity contribution in [1.29, 1.82) is 0 Å². The zero-order valence-electron chi connectivity index (χ0n) is 46.8. The topological polar surface area (TPSA) is 32.8 Å². The molecule has 80 heavy (non-hydrogen) atoms. The standard InChI is InChI=1S/C76H66N2O2/c1-47-20-9-8-10-23-52(38-32-47)77(53-40-34-50(35-41-53)74(2,3)4)64-45-62-70(72-68(64)58-26-13-17-30-66(58)79-72)71-63(76(62)60-28-15-11-24-56(60)57-25-12-16-29-61(57)76)46-65(69-59-27-14-18-31-67(59)80-73(69)71)78(54-42-36-51(37-43-54)75(5,6)7)55-39-33-48-21-19-22-49(48)44-55/h11-18,23-46H,1,8-10,19-22H2,2-7H3/b38-32-,52-23+. The second kappa shape index (κ2) is 18.0. The molecule has 9 aromatic carbocycles. The summed E-state index contributed by atoms with van der Waals surface area (Å²) < 4.78 is 15.2. The Morgan fingerprint density at radius 2 is 0.950 bits per heavy atom. The van der Waals surface area contributed by atoms with Crippen LogP contribution >= 0.6 is 0 Å². The lowest BCUT2D eigenvalue weighted by Crippen LogP contribution is -2.27. The van der Waals surface area contributed by atoms with Crippen LogP contribution in [-0.2, 0) is 29.1 Å². The average Bonchev–Trinajstić information content (AvgIpc) is 4.03. The van der Waals surface area contributed by atoms with E-state index in [1.54, 1.807) is 0 Å². The quantitative estimate of drug-likeness (QED) is 0.166. The fourth-order valence-electron chi connectivity index (χ4n) is 14.2. The van der Waals surface area contributed by atoms with Crippen LogP contribution in [0.4, 0.5) is 28.4 Å². The van der Waals surface area contributed by atoms with Crippen molar-refractivity contribution in [1.82, 2.24) is 0 Å². The maximum absolute atomic E-state index is 7.58. The number of hydrogen-bond acceptors (Lipinski definition) is 4. The Kier molecular flexibility index (Phi) is 10.9. The number of nitrogens with zero attached hydrogens (tertiary/aromatic N) is 2. The summed E-state index contributed by atoms with van der Waals surface area (Å²) in [5.74, 6) is 0. The van der Waals surface area contributed by atoms with Crippen molar-refractivity contribution in [3.8, 4) is 22.3 Å². The third kappa shape index (κ3) is 7.27. The number of allylic oxidation sites excluding steroid dienone is 4. The largest absolute Gasteiger partial charge is 0.455 e. The van der Waals surface area contributed by atoms with Crippen LogP contribution in [0.5, 0.6) is 0 Å². The van der Waals surface area contributed by atoms with Gasteiger partial charge in [0.25, 0.3) is 0 Å². The van der Waals surface area contributed by atoms with Gasteiger partial charge in [0.1, 0.15) is 22.3 Å². The Balaban J connectivity index is 1.12. The Hall–Kier alpha value is -8.60. The maximum atomic E-state index is 7.58. The predicted octanol–water partition coefficient (Wildman–Crippen LogP) is 21.1. The van der Waals surface area contributed by atoms with Crippen LogP contribution in [0.1, 0.15) is 118 Å². The molecule has 4 heteroatoms. The summed E-state index contributed by atoms with van der Waals surface area (Å²) in [7, 11) is 0. The van der Waals surface area contributed by atoms with Gasteiger partial charge in [-0.1, -0.05) is 181 Å². The molecule has 4 aliphatic rings. The number of aryl methyl sites for hydroxylation is 2. The van der Waals surface area contributed by atoms with Gasteiger partial charge >= 0.3 is 0 Å². The molecule has 11 aromatic rings. The van der Waals surface area contributed by atoms with Crippen molar-refractivity contribution in [2.75, 3.05) is 9.80 Å². The van der Waals surface area contributed by atoms with Gasteiger partial charge in [0.2, 0.25) is 0 Å². The van der Waals surface area contributed by atoms with Gasteiger partial charge in [-0.05, 0) is 178 Å². The molecule has 4 nitrogen and oxygen atoms in total. The normalized spacial score (nSPS) is 16.5. The number of furan rings is 2. The summed E-state index contributed by atoms with van der Waals surface area (Å²) in [5.41, 5.74) is 25.3. The summed E-state index contributed by atoms with van der Waals surface area (Å²) in [6, 6.07) is 66.6. The van der Waals surface area contributed by atoms with E-state index in [-0.39, 0.29) is 10.8 Å². The number of hydrogen-bond donors (Lipinski definition) is 0. The van der Waals surface area contributed by atoms with Crippen molar-refractivity contribution in [2.24, 2.45) is 0 Å². The molecule has 2 heterocycles. The first-order valence-corrected chi connectivity index (χ1v) is 29.0. The van der Waals surface area contributed by atoms with Gasteiger partial charge in [-0.15, -0.1) is 0 Å². The molecule has 0 fully saturated rings. The van der Waals surface area contributed by atoms with Crippen LogP contribution < -0.4 is 9.80 Å². The monoisotopic (exact) mass is 1040 g/mol. The lowest BCUT2D eigenvalue weighted by molar-refractivity contribution is 0.590. The zero-order chi connectivity index (χ0) is 54.2. The highest BCUT2D eigenvalue weighted by molar-refractivity contribution is 6.25. The Labute approximate surface area is 470 Å². The molecule has 0 radical (unpaired) electrons. The second-order valence-corrected chi connectivity index (χ2v) is 25.0. The predicted molar refractivity (Wildman–Crippen MR) is 335 cm³/mol. The molecule has 2 aromatic heterocycles. The van der Waals surface area contributed by atoms with Crippen molar-refractivity contribution in [3.63, 3.8) is 0 Å². The van der Waals surface area contributed by atoms with Gasteiger partial charge < -0.3 is 18.6 Å². The molecule has 15 rings (SSSR count). The van der Waals surface area contributed by atoms with Crippen LogP contribution in [0.15, 0.2) is 221 Å². The fraction of sp³-hybridized carbons (Fsp3) is 0.211. The molecule has 0 amide bonds. The minimum Gasteiger partial charge on any atom is -0.455 e. The SMILES string of the molecule is C=C1/C=C\C(N(c2ccc(C(C)(C)C)cc2)c2cc3c(c4oc5ccccc5c24)-c2c(cc(N(c4ccc(C(C)(C)C)cc4)c4ccc5c(c4)CCC5)c4c2oc2ccccc24)C32c3ccccc3-c3ccccc32)=C/CCCC1. The number of benzene rings is 9. The van der Waals surface area contributed by atoms with Crippen molar-refractivity contribution in [2.45, 2.75) is 103 Å². The third-order valence-corrected chi connectivity index (χ3v) is 18.1.